The molecule has 1 saturated heterocycles. The molecule has 2 heterocycles. The van der Waals surface area contributed by atoms with Crippen LogP contribution in [0.2, 0.25) is 5.02 Å². The summed E-state index contributed by atoms with van der Waals surface area (Å²) < 4.78 is 0. The number of carbonyl (C=O) groups excluding carboxylic acids is 1. The molecule has 0 spiro atoms. The van der Waals surface area contributed by atoms with Gasteiger partial charge in [-0.2, -0.15) is 0 Å². The molecule has 1 amide bonds. The number of hydrogen-bond acceptors (Lipinski definition) is 3. The standard InChI is InChI=1S/C14H20ClN3O/c1-3-18-8-5-12(6-9-18)17(2)14(19)13-10-11(15)4-7-16-13/h4,7,10,12H,3,5-6,8-9H2,1-2H3. The lowest BCUT2D eigenvalue weighted by Gasteiger charge is -2.36. The lowest BCUT2D eigenvalue weighted by atomic mass is 10.0. The van der Waals surface area contributed by atoms with E-state index >= 15 is 0 Å². The molecule has 0 saturated carbocycles. The molecule has 104 valence electrons. The molecule has 0 unspecified atom stereocenters. The van der Waals surface area contributed by atoms with Gasteiger partial charge in [-0.15, -0.1) is 0 Å². The minimum Gasteiger partial charge on any atom is -0.337 e. The van der Waals surface area contributed by atoms with Gasteiger partial charge in [0.1, 0.15) is 5.69 Å². The molecule has 1 aliphatic rings. The Morgan fingerprint density at radius 1 is 1.53 bits per heavy atom. The summed E-state index contributed by atoms with van der Waals surface area (Å²) in [6.45, 7) is 5.37. The molecule has 0 atom stereocenters. The molecule has 1 aliphatic heterocycles. The van der Waals surface area contributed by atoms with Gasteiger partial charge in [0.05, 0.1) is 0 Å². The van der Waals surface area contributed by atoms with Gasteiger partial charge >= 0.3 is 0 Å². The molecule has 1 fully saturated rings. The van der Waals surface area contributed by atoms with Crippen LogP contribution in [-0.4, -0.2) is 53.4 Å². The summed E-state index contributed by atoms with van der Waals surface area (Å²) in [5.41, 5.74) is 0.424. The summed E-state index contributed by atoms with van der Waals surface area (Å²) in [6.07, 6.45) is 3.62. The fourth-order valence-corrected chi connectivity index (χ4v) is 2.65. The Morgan fingerprint density at radius 2 is 2.21 bits per heavy atom. The van der Waals surface area contributed by atoms with E-state index in [1.165, 1.54) is 0 Å². The maximum Gasteiger partial charge on any atom is 0.272 e. The molecule has 19 heavy (non-hydrogen) atoms. The Hall–Kier alpha value is -1.13. The quantitative estimate of drug-likeness (QED) is 0.853. The van der Waals surface area contributed by atoms with E-state index in [0.29, 0.717) is 16.8 Å². The van der Waals surface area contributed by atoms with Gasteiger partial charge in [0, 0.05) is 37.4 Å². The summed E-state index contributed by atoms with van der Waals surface area (Å²) in [7, 11) is 1.86. The number of rotatable bonds is 3. The van der Waals surface area contributed by atoms with Gasteiger partial charge in [-0.05, 0) is 31.5 Å². The second-order valence-electron chi connectivity index (χ2n) is 4.94. The Balaban J connectivity index is 2.00. The predicted octanol–water partition coefficient (Wildman–Crippen LogP) is 2.29. The summed E-state index contributed by atoms with van der Waals surface area (Å²) >= 11 is 5.90. The first-order valence-electron chi connectivity index (χ1n) is 6.73. The second kappa shape index (κ2) is 6.35. The van der Waals surface area contributed by atoms with E-state index in [0.717, 1.165) is 32.5 Å². The highest BCUT2D eigenvalue weighted by Crippen LogP contribution is 2.17. The third-order valence-electron chi connectivity index (χ3n) is 3.81. The Morgan fingerprint density at radius 3 is 2.79 bits per heavy atom. The Labute approximate surface area is 119 Å². The van der Waals surface area contributed by atoms with Crippen molar-refractivity contribution >= 4 is 17.5 Å². The fourth-order valence-electron chi connectivity index (χ4n) is 2.49. The number of nitrogens with zero attached hydrogens (tertiary/aromatic N) is 3. The van der Waals surface area contributed by atoms with Gasteiger partial charge in [0.25, 0.3) is 5.91 Å². The third-order valence-corrected chi connectivity index (χ3v) is 4.05. The van der Waals surface area contributed by atoms with E-state index in [1.807, 2.05) is 11.9 Å². The zero-order chi connectivity index (χ0) is 13.8. The highest BCUT2D eigenvalue weighted by Gasteiger charge is 2.25. The minimum atomic E-state index is -0.0440. The number of carbonyl (C=O) groups is 1. The molecule has 0 radical (unpaired) electrons. The van der Waals surface area contributed by atoms with Gasteiger partial charge in [-0.3, -0.25) is 9.78 Å². The first-order valence-corrected chi connectivity index (χ1v) is 7.10. The number of pyridine rings is 1. The number of piperidine rings is 1. The molecular weight excluding hydrogens is 262 g/mol. The van der Waals surface area contributed by atoms with Gasteiger partial charge in [-0.25, -0.2) is 0 Å². The summed E-state index contributed by atoms with van der Waals surface area (Å²) in [6, 6.07) is 3.61. The average molecular weight is 282 g/mol. The molecule has 1 aromatic heterocycles. The van der Waals surface area contributed by atoms with Crippen molar-refractivity contribution in [2.75, 3.05) is 26.7 Å². The first kappa shape index (κ1) is 14.3. The monoisotopic (exact) mass is 281 g/mol. The maximum absolute atomic E-state index is 12.3. The van der Waals surface area contributed by atoms with E-state index in [4.69, 9.17) is 11.6 Å². The van der Waals surface area contributed by atoms with Crippen LogP contribution >= 0.6 is 11.6 Å². The molecule has 4 nitrogen and oxygen atoms in total. The largest absolute Gasteiger partial charge is 0.337 e. The van der Waals surface area contributed by atoms with E-state index in [2.05, 4.69) is 16.8 Å². The van der Waals surface area contributed by atoms with Crippen molar-refractivity contribution in [3.05, 3.63) is 29.0 Å². The van der Waals surface area contributed by atoms with Gasteiger partial charge in [0.15, 0.2) is 0 Å². The van der Waals surface area contributed by atoms with Crippen LogP contribution in [0.25, 0.3) is 0 Å². The smallest absolute Gasteiger partial charge is 0.272 e. The van der Waals surface area contributed by atoms with Crippen LogP contribution in [0, 0.1) is 0 Å². The first-order chi connectivity index (χ1) is 9.11. The van der Waals surface area contributed by atoms with E-state index < -0.39 is 0 Å². The molecular formula is C14H20ClN3O. The fraction of sp³-hybridized carbons (Fsp3) is 0.571. The normalized spacial score (nSPS) is 17.4. The van der Waals surface area contributed by atoms with Crippen molar-refractivity contribution < 1.29 is 4.79 Å². The Bertz CT molecular complexity index is 444. The van der Waals surface area contributed by atoms with Crippen LogP contribution in [-0.2, 0) is 0 Å². The zero-order valence-corrected chi connectivity index (χ0v) is 12.2. The highest BCUT2D eigenvalue weighted by atomic mass is 35.5. The van der Waals surface area contributed by atoms with Crippen LogP contribution in [0.15, 0.2) is 18.3 Å². The third kappa shape index (κ3) is 3.45. The van der Waals surface area contributed by atoms with Crippen LogP contribution in [0.4, 0.5) is 0 Å². The summed E-state index contributed by atoms with van der Waals surface area (Å²) in [4.78, 5) is 20.7. The van der Waals surface area contributed by atoms with E-state index in [1.54, 1.807) is 18.3 Å². The van der Waals surface area contributed by atoms with Crippen molar-refractivity contribution in [3.8, 4) is 0 Å². The van der Waals surface area contributed by atoms with Crippen molar-refractivity contribution in [1.29, 1.82) is 0 Å². The number of halogens is 1. The minimum absolute atomic E-state index is 0.0440. The molecule has 1 aromatic rings. The molecule has 0 aromatic carbocycles. The Kier molecular flexibility index (Phi) is 4.77. The number of amides is 1. The second-order valence-corrected chi connectivity index (χ2v) is 5.38. The van der Waals surface area contributed by atoms with Crippen LogP contribution in [0.1, 0.15) is 30.3 Å². The summed E-state index contributed by atoms with van der Waals surface area (Å²) in [5, 5.41) is 0.549. The maximum atomic E-state index is 12.3. The van der Waals surface area contributed by atoms with Crippen molar-refractivity contribution in [2.45, 2.75) is 25.8 Å². The SMILES string of the molecule is CCN1CCC(N(C)C(=O)c2cc(Cl)ccn2)CC1. The molecule has 2 rings (SSSR count). The zero-order valence-electron chi connectivity index (χ0n) is 11.5. The van der Waals surface area contributed by atoms with Gasteiger partial charge in [0.2, 0.25) is 0 Å². The van der Waals surface area contributed by atoms with Gasteiger partial charge < -0.3 is 9.80 Å². The van der Waals surface area contributed by atoms with Crippen molar-refractivity contribution in [3.63, 3.8) is 0 Å². The molecule has 5 heteroatoms. The number of aromatic nitrogens is 1. The van der Waals surface area contributed by atoms with Crippen LogP contribution in [0.3, 0.4) is 0 Å². The van der Waals surface area contributed by atoms with Crippen molar-refractivity contribution in [2.24, 2.45) is 0 Å². The van der Waals surface area contributed by atoms with E-state index in [9.17, 15) is 4.79 Å². The van der Waals surface area contributed by atoms with Crippen LogP contribution < -0.4 is 0 Å². The highest BCUT2D eigenvalue weighted by molar-refractivity contribution is 6.30. The number of likely N-dealkylation sites (tertiary alicyclic amines) is 1. The topological polar surface area (TPSA) is 36.4 Å². The molecule has 0 N–H and O–H groups in total. The van der Waals surface area contributed by atoms with Gasteiger partial charge in [-0.1, -0.05) is 18.5 Å². The number of hydrogen-bond donors (Lipinski definition) is 0. The predicted molar refractivity (Wildman–Crippen MR) is 76.5 cm³/mol. The van der Waals surface area contributed by atoms with Crippen LogP contribution in [0.5, 0.6) is 0 Å². The lowest BCUT2D eigenvalue weighted by molar-refractivity contribution is 0.0641. The lowest BCUT2D eigenvalue weighted by Crippen LogP contribution is -2.45. The van der Waals surface area contributed by atoms with E-state index in [-0.39, 0.29) is 5.91 Å². The molecule has 0 bridgehead atoms. The average Bonchev–Trinajstić information content (AvgIpc) is 2.46. The summed E-state index contributed by atoms with van der Waals surface area (Å²) in [5.74, 6) is -0.0440. The van der Waals surface area contributed by atoms with Crippen molar-refractivity contribution in [1.82, 2.24) is 14.8 Å². The molecule has 0 aliphatic carbocycles.